The van der Waals surface area contributed by atoms with Gasteiger partial charge in [-0.25, -0.2) is 0 Å². The Kier molecular flexibility index (Phi) is 3.44. The van der Waals surface area contributed by atoms with Gasteiger partial charge in [-0.1, -0.05) is 23.2 Å². The van der Waals surface area contributed by atoms with E-state index in [9.17, 15) is 0 Å². The average molecular weight is 206 g/mol. The van der Waals surface area contributed by atoms with Crippen LogP contribution >= 0.6 is 23.2 Å². The second kappa shape index (κ2) is 4.38. The smallest absolute Gasteiger partial charge is 0.148 e. The highest BCUT2D eigenvalue weighted by atomic mass is 35.5. The van der Waals surface area contributed by atoms with Crippen LogP contribution in [0.3, 0.4) is 0 Å². The van der Waals surface area contributed by atoms with Crippen LogP contribution in [-0.4, -0.2) is 16.3 Å². The van der Waals surface area contributed by atoms with Crippen LogP contribution in [0.4, 0.5) is 5.82 Å². The lowest BCUT2D eigenvalue weighted by Crippen LogP contribution is -2.02. The van der Waals surface area contributed by atoms with E-state index in [1.165, 1.54) is 5.54 Å². The van der Waals surface area contributed by atoms with Crippen molar-refractivity contribution in [3.63, 3.8) is 0 Å². The maximum absolute atomic E-state index is 5.65. The number of rotatable bonds is 3. The van der Waals surface area contributed by atoms with E-state index in [-0.39, 0.29) is 0 Å². The number of halogens is 2. The summed E-state index contributed by atoms with van der Waals surface area (Å²) in [6.07, 6.45) is 1.85. The summed E-state index contributed by atoms with van der Waals surface area (Å²) in [7, 11) is 1.85. The van der Waals surface area contributed by atoms with E-state index in [1.54, 1.807) is 4.68 Å². The molecule has 1 aromatic heterocycles. The fourth-order valence-corrected chi connectivity index (χ4v) is 0.867. The molecule has 0 fully saturated rings. The van der Waals surface area contributed by atoms with Crippen LogP contribution < -0.4 is 5.32 Å². The Morgan fingerprint density at radius 2 is 2.58 bits per heavy atom. The largest absolute Gasteiger partial charge is 0.364 e. The van der Waals surface area contributed by atoms with Crippen molar-refractivity contribution in [2.24, 2.45) is 7.05 Å². The van der Waals surface area contributed by atoms with Crippen molar-refractivity contribution in [2.45, 2.75) is 0 Å². The van der Waals surface area contributed by atoms with Gasteiger partial charge in [0.1, 0.15) is 5.82 Å². The van der Waals surface area contributed by atoms with Gasteiger partial charge in [-0.05, 0) is 0 Å². The molecule has 0 radical (unpaired) electrons. The summed E-state index contributed by atoms with van der Waals surface area (Å²) in [5.74, 6) is 0.786. The molecule has 0 saturated heterocycles. The highest BCUT2D eigenvalue weighted by molar-refractivity contribution is 6.36. The van der Waals surface area contributed by atoms with E-state index in [2.05, 4.69) is 10.4 Å². The molecule has 0 aliphatic rings. The van der Waals surface area contributed by atoms with Crippen molar-refractivity contribution >= 4 is 29.0 Å². The fraction of sp³-hybridized carbons (Fsp3) is 0.286. The molecular formula is C7H9Cl2N3. The summed E-state index contributed by atoms with van der Waals surface area (Å²) in [4.78, 5) is 0. The topological polar surface area (TPSA) is 29.9 Å². The molecule has 0 saturated carbocycles. The van der Waals surface area contributed by atoms with Crippen molar-refractivity contribution in [1.29, 1.82) is 0 Å². The lowest BCUT2D eigenvalue weighted by Gasteiger charge is -1.99. The molecule has 0 unspecified atom stereocenters. The van der Waals surface area contributed by atoms with Crippen molar-refractivity contribution in [3.8, 4) is 0 Å². The quantitative estimate of drug-likeness (QED) is 0.821. The first-order valence-electron chi connectivity index (χ1n) is 3.40. The van der Waals surface area contributed by atoms with Gasteiger partial charge in [-0.3, -0.25) is 4.68 Å². The molecule has 12 heavy (non-hydrogen) atoms. The van der Waals surface area contributed by atoms with Gasteiger partial charge < -0.3 is 5.32 Å². The minimum Gasteiger partial charge on any atom is -0.364 e. The van der Waals surface area contributed by atoms with Crippen LogP contribution in [0.15, 0.2) is 22.8 Å². The molecule has 0 spiro atoms. The number of hydrogen-bond acceptors (Lipinski definition) is 2. The fourth-order valence-electron chi connectivity index (χ4n) is 0.723. The lowest BCUT2D eigenvalue weighted by atomic mass is 10.5. The van der Waals surface area contributed by atoms with Crippen LogP contribution in [0.2, 0.25) is 0 Å². The highest BCUT2D eigenvalue weighted by Gasteiger charge is 1.95. The van der Waals surface area contributed by atoms with E-state index in [4.69, 9.17) is 23.2 Å². The molecule has 1 N–H and O–H groups in total. The second-order valence-electron chi connectivity index (χ2n) is 2.28. The van der Waals surface area contributed by atoms with Crippen LogP contribution in [0.25, 0.3) is 0 Å². The first kappa shape index (κ1) is 9.42. The third-order valence-electron chi connectivity index (χ3n) is 1.27. The zero-order valence-corrected chi connectivity index (χ0v) is 8.10. The Morgan fingerprint density at radius 1 is 1.83 bits per heavy atom. The van der Waals surface area contributed by atoms with Crippen molar-refractivity contribution in [1.82, 2.24) is 9.78 Å². The molecule has 1 rings (SSSR count). The normalized spacial score (nSPS) is 11.8. The Bertz CT molecular complexity index is 280. The number of aromatic nitrogens is 2. The predicted molar refractivity (Wildman–Crippen MR) is 51.5 cm³/mol. The molecule has 0 aromatic carbocycles. The van der Waals surface area contributed by atoms with E-state index >= 15 is 0 Å². The van der Waals surface area contributed by atoms with Gasteiger partial charge in [-0.2, -0.15) is 5.10 Å². The summed E-state index contributed by atoms with van der Waals surface area (Å²) in [6.45, 7) is 0.502. The maximum Gasteiger partial charge on any atom is 0.148 e. The van der Waals surface area contributed by atoms with Crippen LogP contribution in [0, 0.1) is 0 Å². The van der Waals surface area contributed by atoms with Gasteiger partial charge in [0.25, 0.3) is 0 Å². The van der Waals surface area contributed by atoms with Crippen LogP contribution in [0.5, 0.6) is 0 Å². The monoisotopic (exact) mass is 205 g/mol. The molecule has 66 valence electrons. The third-order valence-corrected chi connectivity index (χ3v) is 1.89. The predicted octanol–water partition coefficient (Wildman–Crippen LogP) is 2.15. The first-order valence-corrected chi connectivity index (χ1v) is 4.22. The van der Waals surface area contributed by atoms with Gasteiger partial charge in [0.05, 0.1) is 6.54 Å². The number of nitrogens with zero attached hydrogens (tertiary/aromatic N) is 2. The molecule has 5 heteroatoms. The molecule has 1 heterocycles. The zero-order chi connectivity index (χ0) is 8.97. The summed E-state index contributed by atoms with van der Waals surface area (Å²) in [5.41, 5.74) is 1.33. The average Bonchev–Trinajstić information content (AvgIpc) is 2.47. The Balaban J connectivity index is 2.43. The molecule has 1 aromatic rings. The van der Waals surface area contributed by atoms with E-state index < -0.39 is 0 Å². The molecule has 3 nitrogen and oxygen atoms in total. The van der Waals surface area contributed by atoms with Gasteiger partial charge in [0.2, 0.25) is 0 Å². The summed E-state index contributed by atoms with van der Waals surface area (Å²) in [6, 6.07) is 1.86. The minimum absolute atomic E-state index is 0.502. The first-order chi connectivity index (χ1) is 5.72. The standard InChI is InChI=1S/C7H9Cl2N3/c1-12-3-2-7(11-12)10-5-6(9)4-8/h2-4H,5H2,1H3,(H,10,11)/b6-4-. The van der Waals surface area contributed by atoms with E-state index in [1.807, 2.05) is 19.3 Å². The zero-order valence-electron chi connectivity index (χ0n) is 6.59. The summed E-state index contributed by atoms with van der Waals surface area (Å²) >= 11 is 11.0. The van der Waals surface area contributed by atoms with Gasteiger partial charge in [0.15, 0.2) is 0 Å². The SMILES string of the molecule is Cn1ccc(NC/C(Cl)=C/Cl)n1. The molecule has 0 aliphatic carbocycles. The number of hydrogen-bond donors (Lipinski definition) is 1. The molecule has 0 amide bonds. The lowest BCUT2D eigenvalue weighted by molar-refractivity contribution is 0.769. The van der Waals surface area contributed by atoms with Crippen molar-refractivity contribution in [3.05, 3.63) is 22.8 Å². The van der Waals surface area contributed by atoms with Crippen LogP contribution in [-0.2, 0) is 7.05 Å². The summed E-state index contributed by atoms with van der Waals surface area (Å²) < 4.78 is 1.71. The van der Waals surface area contributed by atoms with Crippen molar-refractivity contribution < 1.29 is 0 Å². The maximum atomic E-state index is 5.65. The second-order valence-corrected chi connectivity index (χ2v) is 2.99. The third kappa shape index (κ3) is 2.75. The Morgan fingerprint density at radius 3 is 3.08 bits per heavy atom. The van der Waals surface area contributed by atoms with E-state index in [0.717, 1.165) is 5.82 Å². The van der Waals surface area contributed by atoms with Crippen molar-refractivity contribution in [2.75, 3.05) is 11.9 Å². The Labute approximate surface area is 81.0 Å². The van der Waals surface area contributed by atoms with Gasteiger partial charge in [0, 0.05) is 29.9 Å². The summed E-state index contributed by atoms with van der Waals surface area (Å²) in [5, 5.41) is 7.65. The molecule has 0 atom stereocenters. The molecule has 0 bridgehead atoms. The molecular weight excluding hydrogens is 197 g/mol. The van der Waals surface area contributed by atoms with E-state index in [0.29, 0.717) is 11.6 Å². The Hall–Kier alpha value is -0.670. The van der Waals surface area contributed by atoms with Gasteiger partial charge in [-0.15, -0.1) is 0 Å². The number of nitrogens with one attached hydrogen (secondary N) is 1. The highest BCUT2D eigenvalue weighted by Crippen LogP contribution is 2.06. The number of anilines is 1. The minimum atomic E-state index is 0.502. The van der Waals surface area contributed by atoms with Gasteiger partial charge >= 0.3 is 0 Å². The molecule has 0 aliphatic heterocycles. The number of aryl methyl sites for hydroxylation is 1. The van der Waals surface area contributed by atoms with Crippen LogP contribution in [0.1, 0.15) is 0 Å².